The Labute approximate surface area is 198 Å². The molecule has 1 saturated heterocycles. The molecule has 1 aliphatic heterocycles. The number of hydrogen-bond acceptors (Lipinski definition) is 7. The summed E-state index contributed by atoms with van der Waals surface area (Å²) in [5, 5.41) is 2.13. The zero-order chi connectivity index (χ0) is 24.3. The van der Waals surface area contributed by atoms with Gasteiger partial charge in [0, 0.05) is 13.1 Å². The second-order valence-electron chi connectivity index (χ2n) is 6.84. The van der Waals surface area contributed by atoms with Crippen molar-refractivity contribution in [3.05, 3.63) is 65.1 Å². The van der Waals surface area contributed by atoms with E-state index in [1.807, 2.05) is 30.3 Å². The number of halogens is 2. The molecular weight excluding hydrogens is 470 g/mol. The number of carbonyl (C=O) groups is 3. The van der Waals surface area contributed by atoms with Crippen LogP contribution in [-0.2, 0) is 14.3 Å². The third-order valence-electron chi connectivity index (χ3n) is 4.41. The van der Waals surface area contributed by atoms with E-state index in [9.17, 15) is 23.2 Å². The number of carbonyl (C=O) groups excluding carboxylic acids is 3. The Hall–Kier alpha value is -3.44. The number of imide groups is 1. The lowest BCUT2D eigenvalue weighted by atomic mass is 10.2. The fraction of sp³-hybridized carbons (Fsp3) is 0.261. The van der Waals surface area contributed by atoms with Crippen LogP contribution in [0, 0.1) is 0 Å². The number of para-hydroxylation sites is 1. The van der Waals surface area contributed by atoms with Gasteiger partial charge in [-0.2, -0.15) is 8.78 Å². The first-order valence-corrected chi connectivity index (χ1v) is 11.1. The molecule has 0 aliphatic carbocycles. The van der Waals surface area contributed by atoms with Crippen molar-refractivity contribution < 1.29 is 37.4 Å². The molecule has 1 aliphatic rings. The normalized spacial score (nSPS) is 14.7. The molecule has 3 amide bonds. The van der Waals surface area contributed by atoms with Crippen LogP contribution in [0.5, 0.6) is 11.5 Å². The van der Waals surface area contributed by atoms with Gasteiger partial charge in [-0.05, 0) is 47.7 Å². The van der Waals surface area contributed by atoms with Gasteiger partial charge >= 0.3 is 6.61 Å². The molecule has 2 aromatic carbocycles. The van der Waals surface area contributed by atoms with Crippen molar-refractivity contribution in [1.82, 2.24) is 10.2 Å². The van der Waals surface area contributed by atoms with E-state index in [2.05, 4.69) is 10.1 Å². The number of ether oxygens (including phenoxy) is 3. The second kappa shape index (κ2) is 12.7. The number of thioether (sulfide) groups is 1. The standard InChI is InChI=1S/C23H22F2N2O6S/c24-22(25)33-18-8-6-16(7-9-18)14-19-21(29)27(23(30)34-19)11-10-26-20(28)15-31-12-13-32-17-4-2-1-3-5-17/h1-9,14,22H,10-13,15H2,(H,26,28)/b19-14-. The van der Waals surface area contributed by atoms with Crippen LogP contribution >= 0.6 is 11.8 Å². The molecule has 180 valence electrons. The Balaban J connectivity index is 1.37. The van der Waals surface area contributed by atoms with E-state index in [4.69, 9.17) is 9.47 Å². The molecule has 8 nitrogen and oxygen atoms in total. The van der Waals surface area contributed by atoms with Gasteiger partial charge in [0.25, 0.3) is 11.1 Å². The molecule has 0 atom stereocenters. The Morgan fingerprint density at radius 2 is 1.76 bits per heavy atom. The highest BCUT2D eigenvalue weighted by Crippen LogP contribution is 2.32. The minimum Gasteiger partial charge on any atom is -0.491 e. The molecule has 3 rings (SSSR count). The summed E-state index contributed by atoms with van der Waals surface area (Å²) in [7, 11) is 0. The Bertz CT molecular complexity index is 1020. The number of rotatable bonds is 12. The van der Waals surface area contributed by atoms with Gasteiger partial charge in [-0.15, -0.1) is 0 Å². The number of nitrogens with zero attached hydrogens (tertiary/aromatic N) is 1. The minimum absolute atomic E-state index is 0.00598. The molecule has 34 heavy (non-hydrogen) atoms. The molecule has 1 fully saturated rings. The molecule has 0 bridgehead atoms. The van der Waals surface area contributed by atoms with E-state index in [0.717, 1.165) is 16.7 Å². The summed E-state index contributed by atoms with van der Waals surface area (Å²) in [6.45, 7) is -2.50. The molecule has 0 saturated carbocycles. The van der Waals surface area contributed by atoms with Crippen LogP contribution in [0.15, 0.2) is 59.5 Å². The Kier molecular flexibility index (Phi) is 9.41. The zero-order valence-electron chi connectivity index (χ0n) is 17.9. The van der Waals surface area contributed by atoms with Crippen molar-refractivity contribution in [2.45, 2.75) is 6.61 Å². The molecule has 1 heterocycles. The highest BCUT2D eigenvalue weighted by molar-refractivity contribution is 8.18. The number of nitrogens with one attached hydrogen (secondary N) is 1. The molecule has 11 heteroatoms. The molecular formula is C23H22F2N2O6S. The van der Waals surface area contributed by atoms with Crippen molar-refractivity contribution in [1.29, 1.82) is 0 Å². The third kappa shape index (κ3) is 7.85. The van der Waals surface area contributed by atoms with Crippen LogP contribution < -0.4 is 14.8 Å². The van der Waals surface area contributed by atoms with Crippen molar-refractivity contribution in [3.8, 4) is 11.5 Å². The molecule has 2 aromatic rings. The predicted octanol–water partition coefficient (Wildman–Crippen LogP) is 3.54. The lowest BCUT2D eigenvalue weighted by Gasteiger charge is -2.13. The predicted molar refractivity (Wildman–Crippen MR) is 122 cm³/mol. The molecule has 0 unspecified atom stereocenters. The first-order valence-electron chi connectivity index (χ1n) is 10.2. The number of amides is 3. The third-order valence-corrected chi connectivity index (χ3v) is 5.31. The summed E-state index contributed by atoms with van der Waals surface area (Å²) in [6, 6.07) is 14.9. The summed E-state index contributed by atoms with van der Waals surface area (Å²) >= 11 is 0.764. The van der Waals surface area contributed by atoms with Crippen molar-refractivity contribution in [3.63, 3.8) is 0 Å². The van der Waals surface area contributed by atoms with E-state index in [-0.39, 0.29) is 42.9 Å². The summed E-state index contributed by atoms with van der Waals surface area (Å²) in [4.78, 5) is 37.8. The van der Waals surface area contributed by atoms with Gasteiger partial charge in [0.1, 0.15) is 24.7 Å². The maximum Gasteiger partial charge on any atom is 0.387 e. The smallest absolute Gasteiger partial charge is 0.387 e. The van der Waals surface area contributed by atoms with Crippen LogP contribution in [0.2, 0.25) is 0 Å². The number of benzene rings is 2. The van der Waals surface area contributed by atoms with Crippen LogP contribution in [0.3, 0.4) is 0 Å². The Morgan fingerprint density at radius 1 is 1.03 bits per heavy atom. The SMILES string of the molecule is O=C(COCCOc1ccccc1)NCCN1C(=O)S/C(=C\c2ccc(OC(F)F)cc2)C1=O. The second-order valence-corrected chi connectivity index (χ2v) is 7.84. The summed E-state index contributed by atoms with van der Waals surface area (Å²) in [5.41, 5.74) is 0.550. The fourth-order valence-corrected chi connectivity index (χ4v) is 3.71. The van der Waals surface area contributed by atoms with E-state index < -0.39 is 17.8 Å². The average Bonchev–Trinajstić information content (AvgIpc) is 3.08. The summed E-state index contributed by atoms with van der Waals surface area (Å²) in [6.07, 6.45) is 1.49. The Morgan fingerprint density at radius 3 is 2.47 bits per heavy atom. The first-order chi connectivity index (χ1) is 16.4. The first kappa shape index (κ1) is 25.2. The van der Waals surface area contributed by atoms with Crippen LogP contribution in [-0.4, -0.2) is 61.5 Å². The number of alkyl halides is 2. The van der Waals surface area contributed by atoms with Crippen LogP contribution in [0.4, 0.5) is 13.6 Å². The highest BCUT2D eigenvalue weighted by Gasteiger charge is 2.34. The topological polar surface area (TPSA) is 94.2 Å². The van der Waals surface area contributed by atoms with Gasteiger partial charge in [0.2, 0.25) is 5.91 Å². The van der Waals surface area contributed by atoms with E-state index >= 15 is 0 Å². The highest BCUT2D eigenvalue weighted by atomic mass is 32.2. The van der Waals surface area contributed by atoms with Gasteiger partial charge in [-0.25, -0.2) is 0 Å². The van der Waals surface area contributed by atoms with Crippen molar-refractivity contribution in [2.24, 2.45) is 0 Å². The van der Waals surface area contributed by atoms with Crippen LogP contribution in [0.1, 0.15) is 5.56 Å². The maximum atomic E-state index is 12.5. The van der Waals surface area contributed by atoms with Crippen molar-refractivity contribution in [2.75, 3.05) is 32.9 Å². The monoisotopic (exact) mass is 492 g/mol. The largest absolute Gasteiger partial charge is 0.491 e. The molecule has 0 spiro atoms. The van der Waals surface area contributed by atoms with Gasteiger partial charge in [-0.1, -0.05) is 30.3 Å². The maximum absolute atomic E-state index is 12.5. The minimum atomic E-state index is -2.93. The summed E-state index contributed by atoms with van der Waals surface area (Å²) in [5.74, 6) is -0.178. The van der Waals surface area contributed by atoms with Gasteiger partial charge in [0.05, 0.1) is 11.5 Å². The van der Waals surface area contributed by atoms with Gasteiger partial charge in [-0.3, -0.25) is 19.3 Å². The molecule has 0 aromatic heterocycles. The summed E-state index contributed by atoms with van der Waals surface area (Å²) < 4.78 is 39.4. The van der Waals surface area contributed by atoms with Gasteiger partial charge < -0.3 is 19.5 Å². The van der Waals surface area contributed by atoms with E-state index in [1.54, 1.807) is 0 Å². The average molecular weight is 493 g/mol. The fourth-order valence-electron chi connectivity index (χ4n) is 2.85. The van der Waals surface area contributed by atoms with Crippen LogP contribution in [0.25, 0.3) is 6.08 Å². The zero-order valence-corrected chi connectivity index (χ0v) is 18.8. The quantitative estimate of drug-likeness (QED) is 0.358. The lowest BCUT2D eigenvalue weighted by molar-refractivity contribution is -0.127. The lowest BCUT2D eigenvalue weighted by Crippen LogP contribution is -2.38. The molecule has 1 N–H and O–H groups in total. The van der Waals surface area contributed by atoms with Gasteiger partial charge in [0.15, 0.2) is 0 Å². The van der Waals surface area contributed by atoms with E-state index in [1.165, 1.54) is 30.3 Å². The number of hydrogen-bond donors (Lipinski definition) is 1. The molecule has 0 radical (unpaired) electrons. The van der Waals surface area contributed by atoms with E-state index in [0.29, 0.717) is 17.9 Å². The van der Waals surface area contributed by atoms with Crippen molar-refractivity contribution >= 4 is 34.9 Å².